The minimum absolute atomic E-state index is 0.0150. The van der Waals surface area contributed by atoms with Crippen molar-refractivity contribution in [3.8, 4) is 11.5 Å². The minimum atomic E-state index is -4.32. The summed E-state index contributed by atoms with van der Waals surface area (Å²) in [5.41, 5.74) is 5.18. The summed E-state index contributed by atoms with van der Waals surface area (Å²) < 4.78 is 56.3. The summed E-state index contributed by atoms with van der Waals surface area (Å²) in [6.45, 7) is 1.29. The van der Waals surface area contributed by atoms with E-state index in [1.165, 1.54) is 39.3 Å². The van der Waals surface area contributed by atoms with Crippen molar-refractivity contribution >= 4 is 32.5 Å². The molecule has 3 rings (SSSR count). The summed E-state index contributed by atoms with van der Waals surface area (Å²) in [6, 6.07) is 4.75. The number of carbonyl (C=O) groups is 1. The molecule has 3 aromatic rings. The maximum absolute atomic E-state index is 15.0. The van der Waals surface area contributed by atoms with Crippen molar-refractivity contribution < 1.29 is 41.8 Å². The van der Waals surface area contributed by atoms with Gasteiger partial charge in [0.1, 0.15) is 16.3 Å². The van der Waals surface area contributed by atoms with E-state index in [2.05, 4.69) is 5.90 Å². The van der Waals surface area contributed by atoms with E-state index in [-0.39, 0.29) is 32.9 Å². The van der Waals surface area contributed by atoms with E-state index in [0.717, 1.165) is 6.07 Å². The van der Waals surface area contributed by atoms with Gasteiger partial charge in [0, 0.05) is 12.1 Å². The van der Waals surface area contributed by atoms with Crippen molar-refractivity contribution in [2.24, 2.45) is 5.90 Å². The third-order valence-electron chi connectivity index (χ3n) is 4.30. The second-order valence-corrected chi connectivity index (χ2v) is 7.78. The zero-order valence-electron chi connectivity index (χ0n) is 16.1. The Hall–Kier alpha value is -3.35. The van der Waals surface area contributed by atoms with E-state index < -0.39 is 32.3 Å². The summed E-state index contributed by atoms with van der Waals surface area (Å²) in [5, 5.41) is 15.6. The van der Waals surface area contributed by atoms with Gasteiger partial charge in [-0.15, -0.1) is 0 Å². The lowest BCUT2D eigenvalue weighted by atomic mass is 10.1. The molecular formula is C18H19FN2O8S. The highest BCUT2D eigenvalue weighted by Gasteiger charge is 2.29. The molecule has 0 amide bonds. The SMILES string of the molecule is COc1ccc(S(=O)(=O)c2cc3oc(C(=O)O)c(N)c3c(C)c2F)cc1OC.NO. The number of carboxylic acids is 1. The number of hydrogen-bond donors (Lipinski definition) is 4. The summed E-state index contributed by atoms with van der Waals surface area (Å²) >= 11 is 0. The first-order valence-corrected chi connectivity index (χ1v) is 9.59. The maximum Gasteiger partial charge on any atom is 0.374 e. The summed E-state index contributed by atoms with van der Waals surface area (Å²) in [5.74, 6) is 0.873. The van der Waals surface area contributed by atoms with E-state index in [9.17, 15) is 17.6 Å². The third-order valence-corrected chi connectivity index (χ3v) is 6.05. The number of sulfone groups is 1. The molecule has 0 fully saturated rings. The average Bonchev–Trinajstić information content (AvgIpc) is 3.08. The Morgan fingerprint density at radius 1 is 1.13 bits per heavy atom. The number of rotatable bonds is 5. The minimum Gasteiger partial charge on any atom is -0.493 e. The normalized spacial score (nSPS) is 11.0. The highest BCUT2D eigenvalue weighted by molar-refractivity contribution is 7.91. The van der Waals surface area contributed by atoms with Crippen LogP contribution in [0.2, 0.25) is 0 Å². The molecule has 1 aromatic heterocycles. The van der Waals surface area contributed by atoms with Crippen LogP contribution in [0.25, 0.3) is 11.0 Å². The van der Waals surface area contributed by atoms with Crippen LogP contribution in [0.1, 0.15) is 16.1 Å². The number of halogens is 1. The van der Waals surface area contributed by atoms with Crippen molar-refractivity contribution in [2.45, 2.75) is 16.7 Å². The first-order valence-electron chi connectivity index (χ1n) is 8.10. The van der Waals surface area contributed by atoms with Crippen LogP contribution in [0.15, 0.2) is 38.5 Å². The number of aryl methyl sites for hydroxylation is 1. The number of hydrogen-bond acceptors (Lipinski definition) is 9. The Labute approximate surface area is 170 Å². The Kier molecular flexibility index (Phi) is 6.55. The van der Waals surface area contributed by atoms with Crippen LogP contribution in [0.3, 0.4) is 0 Å². The zero-order valence-corrected chi connectivity index (χ0v) is 16.9. The molecule has 2 aromatic carbocycles. The molecule has 0 spiro atoms. The quantitative estimate of drug-likeness (QED) is 0.429. The number of carboxylic acid groups (broad SMARTS) is 1. The van der Waals surface area contributed by atoms with Crippen LogP contribution in [-0.4, -0.2) is 38.9 Å². The lowest BCUT2D eigenvalue weighted by Gasteiger charge is -2.12. The number of methoxy groups -OCH3 is 2. The van der Waals surface area contributed by atoms with Gasteiger partial charge in [0.25, 0.3) is 0 Å². The fourth-order valence-electron chi connectivity index (χ4n) is 2.89. The molecule has 0 aliphatic carbocycles. The van der Waals surface area contributed by atoms with E-state index in [0.29, 0.717) is 5.75 Å². The molecule has 6 N–H and O–H groups in total. The third kappa shape index (κ3) is 3.63. The number of aromatic carboxylic acids is 1. The lowest BCUT2D eigenvalue weighted by Crippen LogP contribution is -2.07. The Bertz CT molecular complexity index is 1220. The molecule has 10 nitrogen and oxygen atoms in total. The first-order chi connectivity index (χ1) is 14.1. The number of anilines is 1. The first kappa shape index (κ1) is 22.9. The molecule has 0 unspecified atom stereocenters. The number of ether oxygens (including phenoxy) is 2. The highest BCUT2D eigenvalue weighted by atomic mass is 32.2. The van der Waals surface area contributed by atoms with Gasteiger partial charge in [0.2, 0.25) is 15.6 Å². The molecule has 0 aliphatic heterocycles. The van der Waals surface area contributed by atoms with Gasteiger partial charge in [0.05, 0.1) is 30.2 Å². The van der Waals surface area contributed by atoms with Crippen LogP contribution >= 0.6 is 0 Å². The number of fused-ring (bicyclic) bond motifs is 1. The van der Waals surface area contributed by atoms with Gasteiger partial charge < -0.3 is 29.9 Å². The number of furan rings is 1. The molecule has 1 heterocycles. The molecule has 0 atom stereocenters. The zero-order chi connectivity index (χ0) is 22.8. The van der Waals surface area contributed by atoms with Gasteiger partial charge in [0.15, 0.2) is 11.5 Å². The van der Waals surface area contributed by atoms with Gasteiger partial charge >= 0.3 is 5.97 Å². The van der Waals surface area contributed by atoms with Crippen LogP contribution in [0.5, 0.6) is 11.5 Å². The number of benzene rings is 2. The molecule has 0 saturated carbocycles. The predicted octanol–water partition coefficient (Wildman–Crippen LogP) is 2.35. The van der Waals surface area contributed by atoms with Crippen LogP contribution in [0, 0.1) is 12.7 Å². The maximum atomic E-state index is 15.0. The van der Waals surface area contributed by atoms with Crippen LogP contribution in [-0.2, 0) is 9.84 Å². The van der Waals surface area contributed by atoms with Crippen molar-refractivity contribution in [3.05, 3.63) is 41.4 Å². The largest absolute Gasteiger partial charge is 0.493 e. The fraction of sp³-hybridized carbons (Fsp3) is 0.167. The van der Waals surface area contributed by atoms with Gasteiger partial charge in [-0.3, -0.25) is 0 Å². The second kappa shape index (κ2) is 8.57. The van der Waals surface area contributed by atoms with Crippen LogP contribution < -0.4 is 21.1 Å². The Morgan fingerprint density at radius 3 is 2.27 bits per heavy atom. The predicted molar refractivity (Wildman–Crippen MR) is 103 cm³/mol. The summed E-state index contributed by atoms with van der Waals surface area (Å²) in [4.78, 5) is 10.3. The average molecular weight is 442 g/mol. The molecule has 0 radical (unpaired) electrons. The second-order valence-electron chi connectivity index (χ2n) is 5.86. The van der Waals surface area contributed by atoms with E-state index >= 15 is 0 Å². The van der Waals surface area contributed by atoms with Crippen molar-refractivity contribution in [3.63, 3.8) is 0 Å². The van der Waals surface area contributed by atoms with E-state index in [1.54, 1.807) is 0 Å². The molecule has 0 bridgehead atoms. The van der Waals surface area contributed by atoms with Crippen molar-refractivity contribution in [1.82, 2.24) is 0 Å². The molecule has 12 heteroatoms. The Balaban J connectivity index is 0.00000155. The molecule has 30 heavy (non-hydrogen) atoms. The van der Waals surface area contributed by atoms with Crippen molar-refractivity contribution in [2.75, 3.05) is 20.0 Å². The van der Waals surface area contributed by atoms with Crippen molar-refractivity contribution in [1.29, 1.82) is 0 Å². The standard InChI is InChI=1S/C18H16FNO7S.H3NO/c1-8-14-12(27-17(16(14)20)18(21)22)7-13(15(8)19)28(23,24)9-4-5-10(25-2)11(6-9)26-3;1-2/h4-7H,20H2,1-3H3,(H,21,22);2H,1H2. The monoisotopic (exact) mass is 442 g/mol. The molecular weight excluding hydrogens is 423 g/mol. The summed E-state index contributed by atoms with van der Waals surface area (Å²) in [7, 11) is -1.59. The van der Waals surface area contributed by atoms with Gasteiger partial charge in [-0.2, -0.15) is 0 Å². The Morgan fingerprint density at radius 2 is 1.73 bits per heavy atom. The van der Waals surface area contributed by atoms with Crippen LogP contribution in [0.4, 0.5) is 10.1 Å². The lowest BCUT2D eigenvalue weighted by molar-refractivity contribution is 0.0666. The highest BCUT2D eigenvalue weighted by Crippen LogP contribution is 2.38. The number of nitrogens with two attached hydrogens (primary N) is 2. The molecule has 0 saturated heterocycles. The topological polar surface area (TPSA) is 175 Å². The van der Waals surface area contributed by atoms with Gasteiger partial charge in [-0.25, -0.2) is 23.5 Å². The fourth-order valence-corrected chi connectivity index (χ4v) is 4.31. The van der Waals surface area contributed by atoms with E-state index in [1.807, 2.05) is 0 Å². The van der Waals surface area contributed by atoms with E-state index in [4.69, 9.17) is 29.9 Å². The smallest absolute Gasteiger partial charge is 0.374 e. The summed E-state index contributed by atoms with van der Waals surface area (Å²) in [6.07, 6.45) is 0. The van der Waals surface area contributed by atoms with Gasteiger partial charge in [-0.1, -0.05) is 0 Å². The number of nitrogen functional groups attached to an aromatic ring is 1. The molecule has 162 valence electrons. The van der Waals surface area contributed by atoms with Gasteiger partial charge in [-0.05, 0) is 24.6 Å². The molecule has 0 aliphatic rings.